The second-order valence-electron chi connectivity index (χ2n) is 6.19. The number of aryl methyl sites for hydroxylation is 3. The van der Waals surface area contributed by atoms with Crippen LogP contribution in [0.1, 0.15) is 22.2 Å². The number of esters is 1. The SMILES string of the molecule is CCOC(=O)c1sc2ncn(CCn3c(=O)oc4ccccc43)c(=O)c2c1C. The van der Waals surface area contributed by atoms with Crippen molar-refractivity contribution in [3.8, 4) is 0 Å². The van der Waals surface area contributed by atoms with Crippen molar-refractivity contribution in [1.82, 2.24) is 14.1 Å². The maximum absolute atomic E-state index is 12.9. The smallest absolute Gasteiger partial charge is 0.420 e. The number of fused-ring (bicyclic) bond motifs is 2. The third kappa shape index (κ3) is 2.93. The highest BCUT2D eigenvalue weighted by Gasteiger charge is 2.20. The molecule has 28 heavy (non-hydrogen) atoms. The number of para-hydroxylation sites is 2. The number of thiophene rings is 1. The molecule has 1 aromatic carbocycles. The highest BCUT2D eigenvalue weighted by Crippen LogP contribution is 2.27. The predicted octanol–water partition coefficient (Wildman–Crippen LogP) is 2.55. The summed E-state index contributed by atoms with van der Waals surface area (Å²) in [5.74, 6) is -0.926. The van der Waals surface area contributed by atoms with E-state index in [1.807, 2.05) is 6.07 Å². The lowest BCUT2D eigenvalue weighted by Crippen LogP contribution is -2.25. The summed E-state index contributed by atoms with van der Waals surface area (Å²) in [7, 11) is 0. The summed E-state index contributed by atoms with van der Waals surface area (Å²) in [5, 5.41) is 0.403. The summed E-state index contributed by atoms with van der Waals surface area (Å²) in [6.45, 7) is 4.21. The molecule has 0 spiro atoms. The van der Waals surface area contributed by atoms with E-state index in [4.69, 9.17) is 9.15 Å². The molecular weight excluding hydrogens is 382 g/mol. The lowest BCUT2D eigenvalue weighted by atomic mass is 10.2. The number of hydrogen-bond acceptors (Lipinski definition) is 7. The number of carbonyl (C=O) groups is 1. The number of hydrogen-bond donors (Lipinski definition) is 0. The monoisotopic (exact) mass is 399 g/mol. The lowest BCUT2D eigenvalue weighted by molar-refractivity contribution is 0.0531. The van der Waals surface area contributed by atoms with Crippen LogP contribution in [0.4, 0.5) is 0 Å². The van der Waals surface area contributed by atoms with E-state index in [0.29, 0.717) is 31.8 Å². The molecule has 0 amide bonds. The molecule has 3 aromatic heterocycles. The first-order valence-electron chi connectivity index (χ1n) is 8.75. The van der Waals surface area contributed by atoms with Crippen molar-refractivity contribution in [2.45, 2.75) is 26.9 Å². The number of nitrogens with zero attached hydrogens (tertiary/aromatic N) is 3. The van der Waals surface area contributed by atoms with Crippen molar-refractivity contribution in [2.24, 2.45) is 0 Å². The zero-order valence-corrected chi connectivity index (χ0v) is 16.1. The van der Waals surface area contributed by atoms with Crippen LogP contribution in [0.5, 0.6) is 0 Å². The number of oxazole rings is 1. The fourth-order valence-corrected chi connectivity index (χ4v) is 4.18. The number of benzene rings is 1. The fraction of sp³-hybridized carbons (Fsp3) is 0.263. The maximum Gasteiger partial charge on any atom is 0.420 e. The van der Waals surface area contributed by atoms with Crippen LogP contribution < -0.4 is 11.3 Å². The molecular formula is C19H17N3O5S. The van der Waals surface area contributed by atoms with Crippen LogP contribution in [-0.4, -0.2) is 26.7 Å². The summed E-state index contributed by atoms with van der Waals surface area (Å²) < 4.78 is 13.2. The molecule has 8 nitrogen and oxygen atoms in total. The molecule has 0 aliphatic rings. The van der Waals surface area contributed by atoms with Gasteiger partial charge in [-0.2, -0.15) is 0 Å². The second-order valence-corrected chi connectivity index (χ2v) is 7.19. The zero-order valence-electron chi connectivity index (χ0n) is 15.3. The number of rotatable bonds is 5. The minimum Gasteiger partial charge on any atom is -0.462 e. The summed E-state index contributed by atoms with van der Waals surface area (Å²) in [4.78, 5) is 42.3. The Labute approximate surface area is 162 Å². The molecule has 144 valence electrons. The Balaban J connectivity index is 1.70. The van der Waals surface area contributed by atoms with E-state index >= 15 is 0 Å². The average molecular weight is 399 g/mol. The first-order valence-corrected chi connectivity index (χ1v) is 9.57. The molecule has 0 radical (unpaired) electrons. The average Bonchev–Trinajstić information content (AvgIpc) is 3.18. The Morgan fingerprint density at radius 3 is 2.82 bits per heavy atom. The van der Waals surface area contributed by atoms with Gasteiger partial charge in [0.25, 0.3) is 5.56 Å². The van der Waals surface area contributed by atoms with E-state index in [-0.39, 0.29) is 25.3 Å². The molecule has 0 aliphatic heterocycles. The van der Waals surface area contributed by atoms with Gasteiger partial charge in [-0.1, -0.05) is 12.1 Å². The van der Waals surface area contributed by atoms with Gasteiger partial charge in [0.05, 0.1) is 23.8 Å². The molecule has 9 heteroatoms. The van der Waals surface area contributed by atoms with E-state index < -0.39 is 11.7 Å². The van der Waals surface area contributed by atoms with Crippen LogP contribution in [0.15, 0.2) is 44.6 Å². The Morgan fingerprint density at radius 1 is 1.25 bits per heavy atom. The van der Waals surface area contributed by atoms with Gasteiger partial charge in [-0.15, -0.1) is 11.3 Å². The summed E-state index contributed by atoms with van der Waals surface area (Å²) >= 11 is 1.15. The van der Waals surface area contributed by atoms with Crippen LogP contribution in [0.2, 0.25) is 0 Å². The van der Waals surface area contributed by atoms with E-state index in [1.54, 1.807) is 32.0 Å². The quantitative estimate of drug-likeness (QED) is 0.479. The van der Waals surface area contributed by atoms with E-state index in [1.165, 1.54) is 15.5 Å². The predicted molar refractivity (Wildman–Crippen MR) is 105 cm³/mol. The van der Waals surface area contributed by atoms with Gasteiger partial charge < -0.3 is 9.15 Å². The van der Waals surface area contributed by atoms with Gasteiger partial charge in [-0.3, -0.25) is 13.9 Å². The zero-order chi connectivity index (χ0) is 19.8. The van der Waals surface area contributed by atoms with Crippen LogP contribution >= 0.6 is 11.3 Å². The van der Waals surface area contributed by atoms with Crippen LogP contribution in [0.3, 0.4) is 0 Å². The fourth-order valence-electron chi connectivity index (χ4n) is 3.14. The summed E-state index contributed by atoms with van der Waals surface area (Å²) in [6.07, 6.45) is 1.43. The van der Waals surface area contributed by atoms with Crippen molar-refractivity contribution in [3.63, 3.8) is 0 Å². The van der Waals surface area contributed by atoms with Crippen molar-refractivity contribution in [1.29, 1.82) is 0 Å². The molecule has 3 heterocycles. The molecule has 0 fully saturated rings. The minimum absolute atomic E-state index is 0.245. The highest BCUT2D eigenvalue weighted by molar-refractivity contribution is 7.20. The van der Waals surface area contributed by atoms with Gasteiger partial charge in [-0.25, -0.2) is 14.6 Å². The lowest BCUT2D eigenvalue weighted by Gasteiger charge is -2.06. The van der Waals surface area contributed by atoms with Gasteiger partial charge in [0.2, 0.25) is 0 Å². The topological polar surface area (TPSA) is 96.3 Å². The Kier molecular flexibility index (Phi) is 4.60. The molecule has 0 N–H and O–H groups in total. The first-order chi connectivity index (χ1) is 13.5. The third-order valence-electron chi connectivity index (χ3n) is 4.52. The van der Waals surface area contributed by atoms with Crippen LogP contribution in [-0.2, 0) is 17.8 Å². The van der Waals surface area contributed by atoms with Gasteiger partial charge in [0.1, 0.15) is 9.71 Å². The molecule has 0 aliphatic carbocycles. The molecule has 0 saturated heterocycles. The number of ether oxygens (including phenoxy) is 1. The molecule has 0 atom stereocenters. The summed E-state index contributed by atoms with van der Waals surface area (Å²) in [5.41, 5.74) is 1.48. The van der Waals surface area contributed by atoms with Crippen molar-refractivity contribution in [2.75, 3.05) is 6.61 Å². The molecule has 0 saturated carbocycles. The standard InChI is InChI=1S/C19H17N3O5S/c1-3-26-18(24)15-11(2)14-16(28-15)20-10-21(17(14)23)8-9-22-12-6-4-5-7-13(12)27-19(22)25/h4-7,10H,3,8-9H2,1-2H3. The first kappa shape index (κ1) is 18.2. The van der Waals surface area contributed by atoms with Gasteiger partial charge in [0.15, 0.2) is 5.58 Å². The van der Waals surface area contributed by atoms with Crippen LogP contribution in [0, 0.1) is 6.92 Å². The Morgan fingerprint density at radius 2 is 2.04 bits per heavy atom. The number of carbonyl (C=O) groups excluding carboxylic acids is 1. The highest BCUT2D eigenvalue weighted by atomic mass is 32.1. The van der Waals surface area contributed by atoms with E-state index in [9.17, 15) is 14.4 Å². The Hall–Kier alpha value is -3.20. The van der Waals surface area contributed by atoms with Gasteiger partial charge >= 0.3 is 11.7 Å². The Bertz CT molecular complexity index is 1310. The summed E-state index contributed by atoms with van der Waals surface area (Å²) in [6, 6.07) is 7.12. The molecule has 0 bridgehead atoms. The third-order valence-corrected chi connectivity index (χ3v) is 5.70. The molecule has 4 aromatic rings. The normalized spacial score (nSPS) is 11.4. The van der Waals surface area contributed by atoms with Gasteiger partial charge in [0, 0.05) is 13.1 Å². The number of aromatic nitrogens is 3. The molecule has 0 unspecified atom stereocenters. The van der Waals surface area contributed by atoms with Crippen molar-refractivity contribution in [3.05, 3.63) is 61.9 Å². The second kappa shape index (κ2) is 7.08. The largest absolute Gasteiger partial charge is 0.462 e. The molecule has 4 rings (SSSR count). The minimum atomic E-state index is -0.473. The maximum atomic E-state index is 12.9. The van der Waals surface area contributed by atoms with E-state index in [0.717, 1.165) is 11.3 Å². The van der Waals surface area contributed by atoms with Crippen LogP contribution in [0.25, 0.3) is 21.3 Å². The van der Waals surface area contributed by atoms with Crippen molar-refractivity contribution >= 4 is 38.6 Å². The van der Waals surface area contributed by atoms with Crippen molar-refractivity contribution < 1.29 is 13.9 Å². The van der Waals surface area contributed by atoms with E-state index in [2.05, 4.69) is 4.98 Å². The van der Waals surface area contributed by atoms with Gasteiger partial charge in [-0.05, 0) is 31.5 Å².